The summed E-state index contributed by atoms with van der Waals surface area (Å²) < 4.78 is 1.74. The predicted octanol–water partition coefficient (Wildman–Crippen LogP) is -0.360. The van der Waals surface area contributed by atoms with Crippen molar-refractivity contribution in [2.24, 2.45) is 0 Å². The summed E-state index contributed by atoms with van der Waals surface area (Å²) in [6.45, 7) is 0.879. The Morgan fingerprint density at radius 2 is 2.38 bits per heavy atom. The lowest BCUT2D eigenvalue weighted by molar-refractivity contribution is 0.130. The molecule has 2 rings (SSSR count). The number of aliphatic hydroxyl groups is 2. The molecule has 1 unspecified atom stereocenters. The van der Waals surface area contributed by atoms with Gasteiger partial charge in [-0.3, -0.25) is 0 Å². The van der Waals surface area contributed by atoms with E-state index in [2.05, 4.69) is 10.1 Å². The average molecular weight is 183 g/mol. The highest BCUT2D eigenvalue weighted by Gasteiger charge is 2.21. The van der Waals surface area contributed by atoms with E-state index in [1.54, 1.807) is 4.68 Å². The molecule has 0 bridgehead atoms. The summed E-state index contributed by atoms with van der Waals surface area (Å²) in [5.74, 6) is 1.27. The average Bonchev–Trinajstić information content (AvgIpc) is 2.49. The van der Waals surface area contributed by atoms with Gasteiger partial charge >= 0.3 is 0 Å². The lowest BCUT2D eigenvalue weighted by atomic mass is 10.1. The van der Waals surface area contributed by atoms with Crippen molar-refractivity contribution in [3.05, 3.63) is 11.6 Å². The van der Waals surface area contributed by atoms with Gasteiger partial charge < -0.3 is 10.2 Å². The molecule has 0 fully saturated rings. The van der Waals surface area contributed by atoms with E-state index in [9.17, 15) is 5.11 Å². The SMILES string of the molecule is OCCc1nc2n(n1)CCCC2O. The zero-order valence-corrected chi connectivity index (χ0v) is 7.35. The standard InChI is InChI=1S/C8H13N3O2/c12-5-3-7-9-8-6(13)2-1-4-11(8)10-7/h6,12-13H,1-5H2. The third-order valence-corrected chi connectivity index (χ3v) is 2.23. The second-order valence-corrected chi connectivity index (χ2v) is 3.24. The highest BCUT2D eigenvalue weighted by molar-refractivity contribution is 4.99. The Balaban J connectivity index is 2.25. The Bertz CT molecular complexity index is 298. The van der Waals surface area contributed by atoms with Gasteiger partial charge in [0.25, 0.3) is 0 Å². The zero-order chi connectivity index (χ0) is 9.26. The second-order valence-electron chi connectivity index (χ2n) is 3.24. The molecular weight excluding hydrogens is 170 g/mol. The Morgan fingerprint density at radius 1 is 1.54 bits per heavy atom. The van der Waals surface area contributed by atoms with Crippen LogP contribution >= 0.6 is 0 Å². The minimum Gasteiger partial charge on any atom is -0.396 e. The zero-order valence-electron chi connectivity index (χ0n) is 7.35. The van der Waals surface area contributed by atoms with Crippen molar-refractivity contribution in [2.45, 2.75) is 31.9 Å². The fourth-order valence-electron chi connectivity index (χ4n) is 1.58. The number of aromatic nitrogens is 3. The van der Waals surface area contributed by atoms with Crippen molar-refractivity contribution in [3.63, 3.8) is 0 Å². The maximum atomic E-state index is 9.56. The van der Waals surface area contributed by atoms with Crippen LogP contribution in [0.3, 0.4) is 0 Å². The van der Waals surface area contributed by atoms with Crippen molar-refractivity contribution in [2.75, 3.05) is 6.61 Å². The Labute approximate surface area is 76.0 Å². The minimum atomic E-state index is -0.478. The third-order valence-electron chi connectivity index (χ3n) is 2.23. The summed E-state index contributed by atoms with van der Waals surface area (Å²) in [4.78, 5) is 4.16. The first-order chi connectivity index (χ1) is 6.31. The molecule has 2 N–H and O–H groups in total. The smallest absolute Gasteiger partial charge is 0.156 e. The first-order valence-corrected chi connectivity index (χ1v) is 4.54. The predicted molar refractivity (Wildman–Crippen MR) is 45.0 cm³/mol. The first kappa shape index (κ1) is 8.65. The van der Waals surface area contributed by atoms with Crippen LogP contribution in [-0.2, 0) is 13.0 Å². The molecule has 1 aliphatic rings. The van der Waals surface area contributed by atoms with Crippen LogP contribution in [0.2, 0.25) is 0 Å². The van der Waals surface area contributed by atoms with Crippen molar-refractivity contribution in [1.29, 1.82) is 0 Å². The van der Waals surface area contributed by atoms with Gasteiger partial charge in [0.2, 0.25) is 0 Å². The Kier molecular flexibility index (Phi) is 2.28. The summed E-state index contributed by atoms with van der Waals surface area (Å²) in [5.41, 5.74) is 0. The molecule has 5 heteroatoms. The fourth-order valence-corrected chi connectivity index (χ4v) is 1.58. The number of nitrogens with zero attached hydrogens (tertiary/aromatic N) is 3. The normalized spacial score (nSPS) is 21.5. The van der Waals surface area contributed by atoms with E-state index in [4.69, 9.17) is 5.11 Å². The number of rotatable bonds is 2. The van der Waals surface area contributed by atoms with E-state index < -0.39 is 6.10 Å². The molecule has 0 aromatic carbocycles. The summed E-state index contributed by atoms with van der Waals surface area (Å²) in [6, 6.07) is 0. The monoisotopic (exact) mass is 183 g/mol. The largest absolute Gasteiger partial charge is 0.396 e. The maximum Gasteiger partial charge on any atom is 0.156 e. The number of aryl methyl sites for hydroxylation is 1. The van der Waals surface area contributed by atoms with Gasteiger partial charge in [-0.25, -0.2) is 9.67 Å². The second kappa shape index (κ2) is 3.43. The third kappa shape index (κ3) is 1.57. The van der Waals surface area contributed by atoms with Gasteiger partial charge in [-0.15, -0.1) is 0 Å². The first-order valence-electron chi connectivity index (χ1n) is 4.54. The molecule has 13 heavy (non-hydrogen) atoms. The van der Waals surface area contributed by atoms with E-state index in [-0.39, 0.29) is 6.61 Å². The lowest BCUT2D eigenvalue weighted by Crippen LogP contribution is -2.16. The molecule has 2 heterocycles. The van der Waals surface area contributed by atoms with Gasteiger partial charge in [0.1, 0.15) is 6.10 Å². The molecule has 1 aromatic rings. The van der Waals surface area contributed by atoms with Crippen LogP contribution in [0.25, 0.3) is 0 Å². The molecule has 1 aromatic heterocycles. The molecule has 1 aliphatic heterocycles. The molecule has 0 aliphatic carbocycles. The van der Waals surface area contributed by atoms with Gasteiger partial charge in [-0.05, 0) is 12.8 Å². The van der Waals surface area contributed by atoms with Gasteiger partial charge in [-0.2, -0.15) is 5.10 Å². The van der Waals surface area contributed by atoms with E-state index in [0.717, 1.165) is 19.4 Å². The molecule has 0 amide bonds. The number of aliphatic hydroxyl groups excluding tert-OH is 2. The van der Waals surface area contributed by atoms with Gasteiger partial charge in [0.05, 0.1) is 6.61 Å². The Morgan fingerprint density at radius 3 is 3.08 bits per heavy atom. The van der Waals surface area contributed by atoms with Crippen molar-refractivity contribution < 1.29 is 10.2 Å². The van der Waals surface area contributed by atoms with Crippen LogP contribution in [0.5, 0.6) is 0 Å². The quantitative estimate of drug-likeness (QED) is 0.657. The molecule has 0 radical (unpaired) electrons. The molecule has 72 valence electrons. The molecular formula is C8H13N3O2. The van der Waals surface area contributed by atoms with Gasteiger partial charge in [0.15, 0.2) is 11.6 Å². The van der Waals surface area contributed by atoms with Crippen molar-refractivity contribution in [3.8, 4) is 0 Å². The van der Waals surface area contributed by atoms with E-state index in [0.29, 0.717) is 18.1 Å². The topological polar surface area (TPSA) is 71.2 Å². The van der Waals surface area contributed by atoms with Crippen molar-refractivity contribution >= 4 is 0 Å². The van der Waals surface area contributed by atoms with E-state index >= 15 is 0 Å². The Hall–Kier alpha value is -0.940. The molecule has 0 saturated carbocycles. The van der Waals surface area contributed by atoms with E-state index in [1.807, 2.05) is 0 Å². The summed E-state index contributed by atoms with van der Waals surface area (Å²) in [7, 11) is 0. The number of fused-ring (bicyclic) bond motifs is 1. The van der Waals surface area contributed by atoms with Crippen molar-refractivity contribution in [1.82, 2.24) is 14.8 Å². The summed E-state index contributed by atoms with van der Waals surface area (Å²) >= 11 is 0. The molecule has 5 nitrogen and oxygen atoms in total. The van der Waals surface area contributed by atoms with Crippen LogP contribution in [0.1, 0.15) is 30.6 Å². The fraction of sp³-hybridized carbons (Fsp3) is 0.750. The van der Waals surface area contributed by atoms with Crippen LogP contribution in [0.15, 0.2) is 0 Å². The molecule has 0 saturated heterocycles. The molecule has 0 spiro atoms. The number of hydrogen-bond acceptors (Lipinski definition) is 4. The van der Waals surface area contributed by atoms with Gasteiger partial charge in [-0.1, -0.05) is 0 Å². The van der Waals surface area contributed by atoms with Crippen LogP contribution in [-0.4, -0.2) is 31.6 Å². The highest BCUT2D eigenvalue weighted by atomic mass is 16.3. The van der Waals surface area contributed by atoms with Crippen LogP contribution in [0.4, 0.5) is 0 Å². The molecule has 1 atom stereocenters. The maximum absolute atomic E-state index is 9.56. The summed E-state index contributed by atoms with van der Waals surface area (Å²) in [5, 5.41) is 22.4. The highest BCUT2D eigenvalue weighted by Crippen LogP contribution is 2.22. The van der Waals surface area contributed by atoms with Crippen LogP contribution in [0, 0.1) is 0 Å². The van der Waals surface area contributed by atoms with Gasteiger partial charge in [0, 0.05) is 13.0 Å². The minimum absolute atomic E-state index is 0.0551. The van der Waals surface area contributed by atoms with E-state index in [1.165, 1.54) is 0 Å². The summed E-state index contributed by atoms with van der Waals surface area (Å²) in [6.07, 6.45) is 1.69. The number of hydrogen-bond donors (Lipinski definition) is 2. The van der Waals surface area contributed by atoms with Crippen LogP contribution < -0.4 is 0 Å². The lowest BCUT2D eigenvalue weighted by Gasteiger charge is -2.16.